The molecular weight excluding hydrogens is 538 g/mol. The summed E-state index contributed by atoms with van der Waals surface area (Å²) in [4.78, 5) is 16.8. The summed E-state index contributed by atoms with van der Waals surface area (Å²) in [6, 6.07) is 4.23. The summed E-state index contributed by atoms with van der Waals surface area (Å²) in [7, 11) is 3.10. The van der Waals surface area contributed by atoms with Crippen molar-refractivity contribution in [2.75, 3.05) is 53.6 Å². The maximum Gasteiger partial charge on any atom is 0.252 e. The van der Waals surface area contributed by atoms with Crippen LogP contribution in [0, 0.1) is 17.6 Å². The number of ether oxygens (including phenoxy) is 3. The van der Waals surface area contributed by atoms with Gasteiger partial charge in [0.25, 0.3) is 5.91 Å². The molecule has 0 unspecified atom stereocenters. The molecule has 1 heterocycles. The SMILES string of the molecule is C=C(OCC)/C(C)=C\C(=C(/C)CN1CCC(CN(C(=C)/C=C\C=C(/C)OC)C(=O)COC)CC1)c1cccc(F)c1F. The van der Waals surface area contributed by atoms with E-state index in [4.69, 9.17) is 14.2 Å². The largest absolute Gasteiger partial charge is 0.501 e. The molecule has 0 saturated carbocycles. The van der Waals surface area contributed by atoms with Gasteiger partial charge in [0.2, 0.25) is 0 Å². The number of likely N-dealkylation sites (tertiary alicyclic amines) is 1. The van der Waals surface area contributed by atoms with Crippen LogP contribution in [-0.2, 0) is 19.0 Å². The second-order valence-corrected chi connectivity index (χ2v) is 10.5. The van der Waals surface area contributed by atoms with E-state index in [-0.39, 0.29) is 24.0 Å². The molecule has 1 aliphatic heterocycles. The van der Waals surface area contributed by atoms with Crippen LogP contribution in [0.1, 0.15) is 46.1 Å². The first-order valence-electron chi connectivity index (χ1n) is 14.3. The van der Waals surface area contributed by atoms with Gasteiger partial charge in [0.15, 0.2) is 11.6 Å². The average Bonchev–Trinajstić information content (AvgIpc) is 2.96. The molecule has 6 nitrogen and oxygen atoms in total. The number of amides is 1. The summed E-state index contributed by atoms with van der Waals surface area (Å²) in [6.45, 7) is 18.8. The van der Waals surface area contributed by atoms with Crippen LogP contribution >= 0.6 is 0 Å². The van der Waals surface area contributed by atoms with Crippen LogP contribution in [0.5, 0.6) is 0 Å². The number of benzene rings is 1. The molecule has 0 radical (unpaired) electrons. The highest BCUT2D eigenvalue weighted by atomic mass is 19.2. The first kappa shape index (κ1) is 34.7. The van der Waals surface area contributed by atoms with Gasteiger partial charge in [0, 0.05) is 31.5 Å². The van der Waals surface area contributed by atoms with E-state index in [1.54, 1.807) is 24.2 Å². The van der Waals surface area contributed by atoms with E-state index in [2.05, 4.69) is 18.1 Å². The molecule has 1 amide bonds. The van der Waals surface area contributed by atoms with Gasteiger partial charge in [-0.05, 0) is 95.0 Å². The van der Waals surface area contributed by atoms with Crippen molar-refractivity contribution in [2.24, 2.45) is 5.92 Å². The van der Waals surface area contributed by atoms with Crippen molar-refractivity contribution in [3.63, 3.8) is 0 Å². The zero-order chi connectivity index (χ0) is 31.2. The zero-order valence-corrected chi connectivity index (χ0v) is 26.0. The average molecular weight is 585 g/mol. The number of hydrogen-bond donors (Lipinski definition) is 0. The monoisotopic (exact) mass is 584 g/mol. The molecule has 1 aromatic carbocycles. The van der Waals surface area contributed by atoms with Gasteiger partial charge in [-0.2, -0.15) is 0 Å². The summed E-state index contributed by atoms with van der Waals surface area (Å²) < 4.78 is 44.9. The Morgan fingerprint density at radius 3 is 2.45 bits per heavy atom. The predicted molar refractivity (Wildman–Crippen MR) is 165 cm³/mol. The predicted octanol–water partition coefficient (Wildman–Crippen LogP) is 7.04. The van der Waals surface area contributed by atoms with Gasteiger partial charge in [-0.25, -0.2) is 8.78 Å². The van der Waals surface area contributed by atoms with E-state index in [0.29, 0.717) is 36.7 Å². The Morgan fingerprint density at radius 2 is 1.83 bits per heavy atom. The third-order valence-electron chi connectivity index (χ3n) is 7.29. The van der Waals surface area contributed by atoms with Crippen molar-refractivity contribution in [1.82, 2.24) is 9.80 Å². The second kappa shape index (κ2) is 17.5. The van der Waals surface area contributed by atoms with Gasteiger partial charge in [-0.1, -0.05) is 36.9 Å². The normalized spacial score (nSPS) is 15.9. The van der Waals surface area contributed by atoms with Crippen molar-refractivity contribution >= 4 is 11.5 Å². The lowest BCUT2D eigenvalue weighted by Crippen LogP contribution is -2.41. The fourth-order valence-corrected chi connectivity index (χ4v) is 4.77. The van der Waals surface area contributed by atoms with Gasteiger partial charge >= 0.3 is 0 Å². The van der Waals surface area contributed by atoms with Crippen LogP contribution in [0.3, 0.4) is 0 Å². The molecule has 1 aromatic rings. The Labute approximate surface area is 250 Å². The summed E-state index contributed by atoms with van der Waals surface area (Å²) in [5.41, 5.74) is 3.08. The van der Waals surface area contributed by atoms with Crippen LogP contribution < -0.4 is 0 Å². The number of hydrogen-bond acceptors (Lipinski definition) is 5. The second-order valence-electron chi connectivity index (χ2n) is 10.5. The summed E-state index contributed by atoms with van der Waals surface area (Å²) in [6.07, 6.45) is 8.99. The van der Waals surface area contributed by atoms with Gasteiger partial charge in [0.05, 0.1) is 19.5 Å². The van der Waals surface area contributed by atoms with Crippen LogP contribution in [-0.4, -0.2) is 69.3 Å². The highest BCUT2D eigenvalue weighted by Gasteiger charge is 2.25. The molecule has 0 atom stereocenters. The van der Waals surface area contributed by atoms with Gasteiger partial charge in [-0.3, -0.25) is 9.69 Å². The first-order chi connectivity index (χ1) is 20.0. The number of piperidine rings is 1. The van der Waals surface area contributed by atoms with E-state index in [1.807, 2.05) is 45.9 Å². The molecule has 0 N–H and O–H groups in total. The Morgan fingerprint density at radius 1 is 1.14 bits per heavy atom. The fourth-order valence-electron chi connectivity index (χ4n) is 4.77. The van der Waals surface area contributed by atoms with Crippen LogP contribution in [0.25, 0.3) is 5.57 Å². The maximum atomic E-state index is 14.9. The minimum Gasteiger partial charge on any atom is -0.501 e. The Hall–Kier alpha value is -3.49. The van der Waals surface area contributed by atoms with Gasteiger partial charge < -0.3 is 19.1 Å². The Balaban J connectivity index is 2.19. The third-order valence-corrected chi connectivity index (χ3v) is 7.29. The molecule has 0 spiro atoms. The number of carbonyl (C=O) groups excluding carboxylic acids is 1. The lowest BCUT2D eigenvalue weighted by atomic mass is 9.94. The molecule has 1 aliphatic rings. The van der Waals surface area contributed by atoms with Gasteiger partial charge in [0.1, 0.15) is 12.4 Å². The molecular formula is C34H46F2N2O4. The van der Waals surface area contributed by atoms with Crippen LogP contribution in [0.2, 0.25) is 0 Å². The number of methoxy groups -OCH3 is 2. The molecule has 2 rings (SSSR count). The third kappa shape index (κ3) is 10.4. The van der Waals surface area contributed by atoms with E-state index < -0.39 is 11.6 Å². The first-order valence-corrected chi connectivity index (χ1v) is 14.3. The van der Waals surface area contributed by atoms with Crippen LogP contribution in [0.4, 0.5) is 8.78 Å². The van der Waals surface area contributed by atoms with Crippen molar-refractivity contribution in [2.45, 2.75) is 40.5 Å². The molecule has 0 aliphatic carbocycles. The summed E-state index contributed by atoms with van der Waals surface area (Å²) in [5, 5.41) is 0. The van der Waals surface area contributed by atoms with Crippen LogP contribution in [0.15, 0.2) is 84.0 Å². The summed E-state index contributed by atoms with van der Waals surface area (Å²) >= 11 is 0. The Bertz CT molecular complexity index is 1220. The van der Waals surface area contributed by atoms with Crippen molar-refractivity contribution in [3.8, 4) is 0 Å². The van der Waals surface area contributed by atoms with Crippen molar-refractivity contribution < 1.29 is 27.8 Å². The Kier molecular flexibility index (Phi) is 14.4. The molecule has 1 fully saturated rings. The quantitative estimate of drug-likeness (QED) is 0.164. The van der Waals surface area contributed by atoms with Crippen molar-refractivity contribution in [3.05, 3.63) is 101 Å². The van der Waals surface area contributed by atoms with Gasteiger partial charge in [-0.15, -0.1) is 0 Å². The number of nitrogens with zero attached hydrogens (tertiary/aromatic N) is 2. The smallest absolute Gasteiger partial charge is 0.252 e. The molecule has 0 aromatic heterocycles. The lowest BCUT2D eigenvalue weighted by molar-refractivity contribution is -0.133. The standard InChI is InChI=1S/C34H46F2N2O4/c1-9-42-28(6)24(2)20-31(30-14-11-15-32(35)34(30)36)25(3)21-37-18-16-29(17-19-37)22-38(33(39)23-40-7)26(4)12-10-13-27(5)41-8/h10-15,20,29H,4,6,9,16-19,21-23H2,1-3,5,7-8H3/b12-10-,24-20-,27-13+,31-25-. The number of halogens is 2. The molecule has 230 valence electrons. The van der Waals surface area contributed by atoms with E-state index in [9.17, 15) is 13.6 Å². The fraction of sp³-hybridized carbons (Fsp3) is 0.441. The topological polar surface area (TPSA) is 51.2 Å². The molecule has 42 heavy (non-hydrogen) atoms. The number of rotatable bonds is 15. The van der Waals surface area contributed by atoms with E-state index in [1.165, 1.54) is 13.2 Å². The highest BCUT2D eigenvalue weighted by Crippen LogP contribution is 2.29. The molecule has 1 saturated heterocycles. The maximum absolute atomic E-state index is 14.9. The zero-order valence-electron chi connectivity index (χ0n) is 26.0. The summed E-state index contributed by atoms with van der Waals surface area (Å²) in [5.74, 6) is -0.377. The lowest BCUT2D eigenvalue weighted by Gasteiger charge is -2.35. The minimum absolute atomic E-state index is 0.0231. The van der Waals surface area contributed by atoms with E-state index in [0.717, 1.165) is 48.9 Å². The number of allylic oxidation sites excluding steroid dienone is 7. The molecule has 8 heteroatoms. The number of carbonyl (C=O) groups is 1. The van der Waals surface area contributed by atoms with E-state index >= 15 is 0 Å². The van der Waals surface area contributed by atoms with Crippen molar-refractivity contribution in [1.29, 1.82) is 0 Å². The minimum atomic E-state index is -0.887. The highest BCUT2D eigenvalue weighted by molar-refractivity contribution is 5.80. The molecule has 0 bridgehead atoms.